The molecule has 4 nitrogen and oxygen atoms in total. The Bertz CT molecular complexity index is 398. The number of anilines is 1. The van der Waals surface area contributed by atoms with Gasteiger partial charge in [-0.3, -0.25) is 4.98 Å². The summed E-state index contributed by atoms with van der Waals surface area (Å²) in [5, 5.41) is 3.48. The molecule has 0 aromatic carbocycles. The molecule has 0 bridgehead atoms. The Balaban J connectivity index is 2.14. The Kier molecular flexibility index (Phi) is 4.77. The topological polar surface area (TPSA) is 37.4 Å². The highest BCUT2D eigenvalue weighted by Gasteiger charge is 2.23. The maximum Gasteiger partial charge on any atom is 0.0726 e. The summed E-state index contributed by atoms with van der Waals surface area (Å²) < 4.78 is 5.80. The fourth-order valence-corrected chi connectivity index (χ4v) is 2.54. The minimum atomic E-state index is 0.273. The maximum absolute atomic E-state index is 5.80. The van der Waals surface area contributed by atoms with Gasteiger partial charge < -0.3 is 15.0 Å². The molecule has 2 heterocycles. The molecule has 19 heavy (non-hydrogen) atoms. The van der Waals surface area contributed by atoms with E-state index in [1.807, 2.05) is 12.4 Å². The van der Waals surface area contributed by atoms with Gasteiger partial charge in [0.2, 0.25) is 0 Å². The lowest BCUT2D eigenvalue weighted by Gasteiger charge is -2.37. The van der Waals surface area contributed by atoms with Gasteiger partial charge in [-0.15, -0.1) is 0 Å². The van der Waals surface area contributed by atoms with E-state index in [9.17, 15) is 0 Å². The van der Waals surface area contributed by atoms with Gasteiger partial charge in [-0.05, 0) is 25.5 Å². The molecule has 0 aliphatic carbocycles. The van der Waals surface area contributed by atoms with Crippen LogP contribution in [0.25, 0.3) is 0 Å². The molecular weight excluding hydrogens is 238 g/mol. The average Bonchev–Trinajstić information content (AvgIpc) is 2.35. The van der Waals surface area contributed by atoms with Crippen molar-refractivity contribution in [2.24, 2.45) is 0 Å². The van der Waals surface area contributed by atoms with Crippen molar-refractivity contribution in [3.05, 3.63) is 24.0 Å². The second kappa shape index (κ2) is 6.35. The van der Waals surface area contributed by atoms with Gasteiger partial charge >= 0.3 is 0 Å². The third-order valence-electron chi connectivity index (χ3n) is 3.35. The van der Waals surface area contributed by atoms with Crippen LogP contribution >= 0.6 is 0 Å². The highest BCUT2D eigenvalue weighted by atomic mass is 16.5. The van der Waals surface area contributed by atoms with Crippen LogP contribution in [0, 0.1) is 0 Å². The Morgan fingerprint density at radius 2 is 2.05 bits per heavy atom. The van der Waals surface area contributed by atoms with Crippen molar-refractivity contribution in [2.75, 3.05) is 18.0 Å². The van der Waals surface area contributed by atoms with E-state index in [1.165, 1.54) is 11.3 Å². The summed E-state index contributed by atoms with van der Waals surface area (Å²) in [6.45, 7) is 11.3. The number of aromatic nitrogens is 1. The number of nitrogens with one attached hydrogen (secondary N) is 1. The zero-order chi connectivity index (χ0) is 13.8. The highest BCUT2D eigenvalue weighted by Crippen LogP contribution is 2.23. The van der Waals surface area contributed by atoms with Crippen molar-refractivity contribution in [3.63, 3.8) is 0 Å². The molecule has 1 aromatic rings. The number of hydrogen-bond acceptors (Lipinski definition) is 4. The van der Waals surface area contributed by atoms with Crippen LogP contribution in [0.1, 0.15) is 33.3 Å². The van der Waals surface area contributed by atoms with Crippen LogP contribution in [0.5, 0.6) is 0 Å². The monoisotopic (exact) mass is 263 g/mol. The van der Waals surface area contributed by atoms with Crippen LogP contribution in [0.4, 0.5) is 5.69 Å². The Morgan fingerprint density at radius 1 is 1.37 bits per heavy atom. The predicted octanol–water partition coefficient (Wildman–Crippen LogP) is 2.19. The quantitative estimate of drug-likeness (QED) is 0.903. The van der Waals surface area contributed by atoms with Crippen molar-refractivity contribution < 1.29 is 4.74 Å². The van der Waals surface area contributed by atoms with Crippen molar-refractivity contribution in [2.45, 2.75) is 52.5 Å². The van der Waals surface area contributed by atoms with Crippen LogP contribution in [0.2, 0.25) is 0 Å². The summed E-state index contributed by atoms with van der Waals surface area (Å²) in [5.74, 6) is 0. The molecule has 2 rings (SSSR count). The van der Waals surface area contributed by atoms with Crippen molar-refractivity contribution >= 4 is 5.69 Å². The first-order valence-corrected chi connectivity index (χ1v) is 7.13. The molecule has 106 valence electrons. The van der Waals surface area contributed by atoms with Crippen LogP contribution in [0.3, 0.4) is 0 Å². The third kappa shape index (κ3) is 3.91. The first kappa shape index (κ1) is 14.3. The van der Waals surface area contributed by atoms with Gasteiger partial charge in [0, 0.05) is 31.9 Å². The Hall–Kier alpha value is -1.13. The second-order valence-electron chi connectivity index (χ2n) is 5.70. The van der Waals surface area contributed by atoms with E-state index in [0.29, 0.717) is 6.04 Å². The average molecular weight is 263 g/mol. The molecule has 2 atom stereocenters. The molecule has 1 saturated heterocycles. The van der Waals surface area contributed by atoms with Gasteiger partial charge in [-0.25, -0.2) is 0 Å². The van der Waals surface area contributed by atoms with E-state index >= 15 is 0 Å². The van der Waals surface area contributed by atoms with Crippen molar-refractivity contribution in [3.8, 4) is 0 Å². The van der Waals surface area contributed by atoms with Crippen molar-refractivity contribution in [1.82, 2.24) is 10.3 Å². The smallest absolute Gasteiger partial charge is 0.0726 e. The van der Waals surface area contributed by atoms with E-state index in [-0.39, 0.29) is 12.2 Å². The van der Waals surface area contributed by atoms with E-state index in [0.717, 1.165) is 19.6 Å². The minimum absolute atomic E-state index is 0.273. The molecule has 1 N–H and O–H groups in total. The largest absolute Gasteiger partial charge is 0.372 e. The van der Waals surface area contributed by atoms with E-state index in [2.05, 4.69) is 49.0 Å². The number of pyridine rings is 1. The van der Waals surface area contributed by atoms with Crippen molar-refractivity contribution in [1.29, 1.82) is 0 Å². The van der Waals surface area contributed by atoms with Gasteiger partial charge in [-0.1, -0.05) is 13.8 Å². The lowest BCUT2D eigenvalue weighted by molar-refractivity contribution is -0.00528. The minimum Gasteiger partial charge on any atom is -0.372 e. The number of hydrogen-bond donors (Lipinski definition) is 1. The maximum atomic E-state index is 5.80. The zero-order valence-electron chi connectivity index (χ0n) is 12.4. The van der Waals surface area contributed by atoms with Crippen LogP contribution in [-0.4, -0.2) is 36.3 Å². The molecule has 0 saturated carbocycles. The van der Waals surface area contributed by atoms with E-state index in [1.54, 1.807) is 0 Å². The van der Waals surface area contributed by atoms with Gasteiger partial charge in [0.1, 0.15) is 0 Å². The fourth-order valence-electron chi connectivity index (χ4n) is 2.54. The molecule has 1 aromatic heterocycles. The zero-order valence-corrected chi connectivity index (χ0v) is 12.4. The van der Waals surface area contributed by atoms with Crippen LogP contribution < -0.4 is 10.2 Å². The van der Waals surface area contributed by atoms with Crippen LogP contribution in [-0.2, 0) is 11.3 Å². The van der Waals surface area contributed by atoms with E-state index < -0.39 is 0 Å². The fraction of sp³-hybridized carbons (Fsp3) is 0.667. The highest BCUT2D eigenvalue weighted by molar-refractivity contribution is 5.52. The first-order chi connectivity index (χ1) is 9.06. The van der Waals surface area contributed by atoms with Crippen LogP contribution in [0.15, 0.2) is 18.5 Å². The first-order valence-electron chi connectivity index (χ1n) is 7.13. The normalized spacial score (nSPS) is 23.9. The van der Waals surface area contributed by atoms with Gasteiger partial charge in [0.05, 0.1) is 24.1 Å². The molecule has 0 radical (unpaired) electrons. The SMILES string of the molecule is CC(C)NCc1ccncc1N1CC(C)OC(C)C1. The Morgan fingerprint density at radius 3 is 2.68 bits per heavy atom. The predicted molar refractivity (Wildman–Crippen MR) is 78.4 cm³/mol. The molecule has 1 aliphatic heterocycles. The number of morpholine rings is 1. The summed E-state index contributed by atoms with van der Waals surface area (Å²) in [4.78, 5) is 6.68. The van der Waals surface area contributed by atoms with Gasteiger partial charge in [0.15, 0.2) is 0 Å². The van der Waals surface area contributed by atoms with Gasteiger partial charge in [0.25, 0.3) is 0 Å². The number of rotatable bonds is 4. The molecule has 0 amide bonds. The lowest BCUT2D eigenvalue weighted by atomic mass is 10.1. The third-order valence-corrected chi connectivity index (χ3v) is 3.35. The molecule has 1 fully saturated rings. The molecule has 1 aliphatic rings. The molecule has 4 heteroatoms. The second-order valence-corrected chi connectivity index (χ2v) is 5.70. The van der Waals surface area contributed by atoms with E-state index in [4.69, 9.17) is 4.74 Å². The summed E-state index contributed by atoms with van der Waals surface area (Å²) in [6.07, 6.45) is 4.39. The Labute approximate surface area is 116 Å². The lowest BCUT2D eigenvalue weighted by Crippen LogP contribution is -2.46. The number of nitrogens with zero attached hydrogens (tertiary/aromatic N) is 2. The summed E-state index contributed by atoms with van der Waals surface area (Å²) >= 11 is 0. The molecular formula is C15H25N3O. The molecule has 2 unspecified atom stereocenters. The van der Waals surface area contributed by atoms with Gasteiger partial charge in [-0.2, -0.15) is 0 Å². The summed E-state index contributed by atoms with van der Waals surface area (Å²) in [5.41, 5.74) is 2.54. The summed E-state index contributed by atoms with van der Waals surface area (Å²) in [7, 11) is 0. The standard InChI is InChI=1S/C15H25N3O/c1-11(2)17-7-14-5-6-16-8-15(14)18-9-12(3)19-13(4)10-18/h5-6,8,11-13,17H,7,9-10H2,1-4H3. The number of ether oxygens (including phenoxy) is 1. The summed E-state index contributed by atoms with van der Waals surface area (Å²) in [6, 6.07) is 2.60. The molecule has 0 spiro atoms.